The third-order valence-corrected chi connectivity index (χ3v) is 7.00. The van der Waals surface area contributed by atoms with Crippen molar-refractivity contribution < 1.29 is 22.7 Å². The Morgan fingerprint density at radius 2 is 1.97 bits per heavy atom. The minimum atomic E-state index is -4.23. The Hall–Kier alpha value is -3.60. The fraction of sp³-hybridized carbons (Fsp3) is 0.464. The van der Waals surface area contributed by atoms with Crippen molar-refractivity contribution in [2.45, 2.75) is 32.9 Å². The summed E-state index contributed by atoms with van der Waals surface area (Å²) in [5.74, 6) is 0.216. The SMILES string of the molecule is CN=CC(=C(C)N)c1cc(-c2cc(NC(=O)N3CC[C@@H](CC(F)(F)F)C3)ccc2C)cc(N2CCOCC2)n1. The molecule has 0 saturated carbocycles. The number of alkyl halides is 3. The summed E-state index contributed by atoms with van der Waals surface area (Å²) in [6.07, 6.45) is -3.07. The van der Waals surface area contributed by atoms with Crippen LogP contribution in [0.4, 0.5) is 29.5 Å². The van der Waals surface area contributed by atoms with Gasteiger partial charge in [0.1, 0.15) is 5.82 Å². The molecule has 4 rings (SSSR count). The van der Waals surface area contributed by atoms with Crippen molar-refractivity contribution in [1.29, 1.82) is 0 Å². The van der Waals surface area contributed by atoms with Gasteiger partial charge in [0, 0.05) is 62.8 Å². The minimum Gasteiger partial charge on any atom is -0.402 e. The molecule has 1 aromatic heterocycles. The van der Waals surface area contributed by atoms with Crippen LogP contribution in [0.15, 0.2) is 41.0 Å². The van der Waals surface area contributed by atoms with Gasteiger partial charge < -0.3 is 25.6 Å². The Labute approximate surface area is 226 Å². The molecule has 8 nitrogen and oxygen atoms in total. The first kappa shape index (κ1) is 28.4. The number of halogens is 3. The highest BCUT2D eigenvalue weighted by atomic mass is 19.4. The fourth-order valence-electron chi connectivity index (χ4n) is 4.99. The van der Waals surface area contributed by atoms with Crippen LogP contribution in [0, 0.1) is 12.8 Å². The van der Waals surface area contributed by atoms with Crippen molar-refractivity contribution in [2.75, 3.05) is 56.7 Å². The molecule has 2 saturated heterocycles. The largest absolute Gasteiger partial charge is 0.402 e. The van der Waals surface area contributed by atoms with Gasteiger partial charge in [-0.1, -0.05) is 6.07 Å². The molecule has 11 heteroatoms. The number of aliphatic imine (C=N–C) groups is 1. The highest BCUT2D eigenvalue weighted by Crippen LogP contribution is 2.33. The summed E-state index contributed by atoms with van der Waals surface area (Å²) in [6.45, 7) is 6.81. The summed E-state index contributed by atoms with van der Waals surface area (Å²) in [5.41, 5.74) is 11.5. The highest BCUT2D eigenvalue weighted by Gasteiger charge is 2.36. The summed E-state index contributed by atoms with van der Waals surface area (Å²) in [7, 11) is 1.68. The summed E-state index contributed by atoms with van der Waals surface area (Å²) >= 11 is 0. The standard InChI is InChI=1S/C28H35F3N6O2/c1-18-4-5-22(34-27(38)37-7-6-20(17-37)15-28(29,30)31)14-23(18)21-12-25(24(16-33-3)19(2)32)35-26(13-21)36-8-10-39-11-9-36/h4-5,12-14,16,20H,6-11,15,17,32H2,1-3H3,(H,34,38)/t20-/m0/s1. The second kappa shape index (κ2) is 12.1. The molecule has 0 spiro atoms. The maximum Gasteiger partial charge on any atom is 0.389 e. The summed E-state index contributed by atoms with van der Waals surface area (Å²) in [5, 5.41) is 2.87. The van der Waals surface area contributed by atoms with E-state index in [0.717, 1.165) is 28.1 Å². The topological polar surface area (TPSA) is 96.1 Å². The van der Waals surface area contributed by atoms with E-state index in [2.05, 4.69) is 15.2 Å². The maximum atomic E-state index is 12.9. The van der Waals surface area contributed by atoms with Gasteiger partial charge in [0.15, 0.2) is 0 Å². The van der Waals surface area contributed by atoms with Crippen LogP contribution in [0.2, 0.25) is 0 Å². The Morgan fingerprint density at radius 1 is 1.23 bits per heavy atom. The Morgan fingerprint density at radius 3 is 2.64 bits per heavy atom. The first-order chi connectivity index (χ1) is 18.5. The maximum absolute atomic E-state index is 12.9. The second-order valence-corrected chi connectivity index (χ2v) is 10.1. The van der Waals surface area contributed by atoms with Crippen LogP contribution in [-0.4, -0.2) is 74.7 Å². The Bertz CT molecular complexity index is 1250. The number of carbonyl (C=O) groups excluding carboxylic acids is 1. The number of urea groups is 1. The number of pyridine rings is 1. The lowest BCUT2D eigenvalue weighted by atomic mass is 9.98. The number of aromatic nitrogens is 1. The number of hydrogen-bond donors (Lipinski definition) is 2. The monoisotopic (exact) mass is 544 g/mol. The Balaban J connectivity index is 1.64. The quantitative estimate of drug-likeness (QED) is 0.494. The smallest absolute Gasteiger partial charge is 0.389 e. The van der Waals surface area contributed by atoms with Gasteiger partial charge in [-0.3, -0.25) is 4.99 Å². The number of likely N-dealkylation sites (tertiary alicyclic amines) is 1. The molecule has 3 heterocycles. The zero-order valence-corrected chi connectivity index (χ0v) is 22.5. The number of amides is 2. The number of aryl methyl sites for hydroxylation is 1. The molecule has 3 N–H and O–H groups in total. The molecule has 2 aromatic rings. The van der Waals surface area contributed by atoms with Gasteiger partial charge in [-0.25, -0.2) is 9.78 Å². The number of nitrogens with two attached hydrogens (primary N) is 1. The molecule has 2 fully saturated rings. The molecule has 0 aliphatic carbocycles. The average molecular weight is 545 g/mol. The third kappa shape index (κ3) is 7.29. The average Bonchev–Trinajstić information content (AvgIpc) is 3.35. The summed E-state index contributed by atoms with van der Waals surface area (Å²) in [4.78, 5) is 25.5. The molecule has 1 atom stereocenters. The lowest BCUT2D eigenvalue weighted by Gasteiger charge is -2.29. The summed E-state index contributed by atoms with van der Waals surface area (Å²) in [6, 6.07) is 9.15. The van der Waals surface area contributed by atoms with Gasteiger partial charge in [0.25, 0.3) is 0 Å². The first-order valence-corrected chi connectivity index (χ1v) is 13.0. The molecule has 1 aromatic carbocycles. The van der Waals surface area contributed by atoms with Crippen LogP contribution in [0.1, 0.15) is 31.0 Å². The van der Waals surface area contributed by atoms with E-state index in [1.165, 1.54) is 4.90 Å². The normalized spacial score (nSPS) is 19.0. The number of ether oxygens (including phenoxy) is 1. The van der Waals surface area contributed by atoms with E-state index in [-0.39, 0.29) is 6.54 Å². The van der Waals surface area contributed by atoms with Crippen molar-refractivity contribution >= 4 is 29.3 Å². The molecule has 0 radical (unpaired) electrons. The van der Waals surface area contributed by atoms with Crippen molar-refractivity contribution in [3.8, 4) is 11.1 Å². The van der Waals surface area contributed by atoms with Crippen LogP contribution in [0.25, 0.3) is 16.7 Å². The molecule has 0 bridgehead atoms. The summed E-state index contributed by atoms with van der Waals surface area (Å²) < 4.78 is 43.9. The first-order valence-electron chi connectivity index (χ1n) is 13.0. The van der Waals surface area contributed by atoms with Crippen molar-refractivity contribution in [2.24, 2.45) is 16.6 Å². The number of morpholine rings is 1. The predicted octanol–water partition coefficient (Wildman–Crippen LogP) is 5.09. The minimum absolute atomic E-state index is 0.0905. The van der Waals surface area contributed by atoms with E-state index >= 15 is 0 Å². The predicted molar refractivity (Wildman–Crippen MR) is 148 cm³/mol. The zero-order chi connectivity index (χ0) is 28.2. The van der Waals surface area contributed by atoms with E-state index in [9.17, 15) is 18.0 Å². The molecule has 2 aliphatic rings. The van der Waals surface area contributed by atoms with Crippen LogP contribution < -0.4 is 16.0 Å². The lowest BCUT2D eigenvalue weighted by Crippen LogP contribution is -2.36. The van der Waals surface area contributed by atoms with Gasteiger partial charge >= 0.3 is 12.2 Å². The molecule has 210 valence electrons. The number of benzene rings is 1. The molecule has 0 unspecified atom stereocenters. The van der Waals surface area contributed by atoms with Crippen LogP contribution in [0.5, 0.6) is 0 Å². The molecular formula is C28H35F3N6O2. The van der Waals surface area contributed by atoms with Crippen LogP contribution in [0.3, 0.4) is 0 Å². The number of nitrogens with zero attached hydrogens (tertiary/aromatic N) is 4. The van der Waals surface area contributed by atoms with Gasteiger partial charge in [-0.2, -0.15) is 13.2 Å². The molecule has 2 amide bonds. The fourth-order valence-corrected chi connectivity index (χ4v) is 4.99. The number of nitrogens with one attached hydrogen (secondary N) is 1. The molecular weight excluding hydrogens is 509 g/mol. The number of allylic oxidation sites excluding steroid dienone is 2. The van der Waals surface area contributed by atoms with E-state index in [1.807, 2.05) is 31.2 Å². The van der Waals surface area contributed by atoms with Gasteiger partial charge in [0.05, 0.1) is 18.9 Å². The van der Waals surface area contributed by atoms with E-state index in [1.54, 1.807) is 26.3 Å². The lowest BCUT2D eigenvalue weighted by molar-refractivity contribution is -0.143. The van der Waals surface area contributed by atoms with Crippen molar-refractivity contribution in [3.63, 3.8) is 0 Å². The number of hydrogen-bond acceptors (Lipinski definition) is 6. The third-order valence-electron chi connectivity index (χ3n) is 7.00. The van der Waals surface area contributed by atoms with Gasteiger partial charge in [-0.05, 0) is 67.1 Å². The number of anilines is 2. The van der Waals surface area contributed by atoms with Crippen molar-refractivity contribution in [1.82, 2.24) is 9.88 Å². The van der Waals surface area contributed by atoms with Gasteiger partial charge in [0.2, 0.25) is 0 Å². The highest BCUT2D eigenvalue weighted by molar-refractivity contribution is 6.10. The van der Waals surface area contributed by atoms with Crippen LogP contribution >= 0.6 is 0 Å². The Kier molecular flexibility index (Phi) is 8.79. The van der Waals surface area contributed by atoms with E-state index < -0.39 is 24.5 Å². The molecule has 39 heavy (non-hydrogen) atoms. The van der Waals surface area contributed by atoms with Crippen LogP contribution in [-0.2, 0) is 4.74 Å². The number of rotatable bonds is 6. The molecule has 2 aliphatic heterocycles. The van der Waals surface area contributed by atoms with Gasteiger partial charge in [-0.15, -0.1) is 0 Å². The number of carbonyl (C=O) groups is 1. The van der Waals surface area contributed by atoms with Crippen molar-refractivity contribution in [3.05, 3.63) is 47.3 Å². The van der Waals surface area contributed by atoms with E-state index in [0.29, 0.717) is 56.3 Å². The zero-order valence-electron chi connectivity index (χ0n) is 22.5. The van der Waals surface area contributed by atoms with E-state index in [4.69, 9.17) is 15.5 Å². The second-order valence-electron chi connectivity index (χ2n) is 10.1.